The monoisotopic (exact) mass is 291 g/mol. The molecule has 21 heavy (non-hydrogen) atoms. The van der Waals surface area contributed by atoms with Crippen molar-refractivity contribution in [1.82, 2.24) is 5.32 Å². The van der Waals surface area contributed by atoms with Crippen molar-refractivity contribution in [1.29, 1.82) is 0 Å². The average molecular weight is 291 g/mol. The fourth-order valence-electron chi connectivity index (χ4n) is 2.95. The third-order valence-corrected chi connectivity index (χ3v) is 4.30. The molecular weight excluding hydrogens is 266 g/mol. The Morgan fingerprint density at radius 2 is 1.95 bits per heavy atom. The first kappa shape index (κ1) is 15.8. The maximum atomic E-state index is 10.7. The lowest BCUT2D eigenvalue weighted by molar-refractivity contribution is 0.0697. The van der Waals surface area contributed by atoms with Crippen LogP contribution in [0.4, 0.5) is 0 Å². The molecule has 116 valence electrons. The quantitative estimate of drug-likeness (QED) is 0.757. The summed E-state index contributed by atoms with van der Waals surface area (Å²) in [6, 6.07) is 7.08. The van der Waals surface area contributed by atoms with Gasteiger partial charge in [0.05, 0.1) is 5.56 Å². The van der Waals surface area contributed by atoms with Crippen LogP contribution in [0.5, 0.6) is 5.75 Å². The van der Waals surface area contributed by atoms with E-state index in [0.29, 0.717) is 18.4 Å². The highest BCUT2D eigenvalue weighted by atomic mass is 16.5. The Labute approximate surface area is 126 Å². The predicted molar refractivity (Wildman–Crippen MR) is 82.9 cm³/mol. The summed E-state index contributed by atoms with van der Waals surface area (Å²) in [5, 5.41) is 12.4. The lowest BCUT2D eigenvalue weighted by Gasteiger charge is -2.28. The van der Waals surface area contributed by atoms with Gasteiger partial charge in [-0.05, 0) is 49.9 Å². The molecule has 1 aromatic rings. The zero-order valence-corrected chi connectivity index (χ0v) is 12.7. The van der Waals surface area contributed by atoms with Gasteiger partial charge in [-0.3, -0.25) is 0 Å². The summed E-state index contributed by atoms with van der Waals surface area (Å²) in [5.74, 6) is 0.602. The van der Waals surface area contributed by atoms with E-state index in [2.05, 4.69) is 12.2 Å². The van der Waals surface area contributed by atoms with Gasteiger partial charge in [0.1, 0.15) is 12.4 Å². The fraction of sp³-hybridized carbons (Fsp3) is 0.588. The van der Waals surface area contributed by atoms with Gasteiger partial charge in [0.2, 0.25) is 0 Å². The highest BCUT2D eigenvalue weighted by Crippen LogP contribution is 2.26. The Morgan fingerprint density at radius 3 is 2.57 bits per heavy atom. The van der Waals surface area contributed by atoms with Crippen molar-refractivity contribution >= 4 is 5.97 Å². The van der Waals surface area contributed by atoms with Gasteiger partial charge in [-0.25, -0.2) is 4.79 Å². The number of rotatable bonds is 7. The van der Waals surface area contributed by atoms with Gasteiger partial charge < -0.3 is 15.2 Å². The van der Waals surface area contributed by atoms with E-state index >= 15 is 0 Å². The molecule has 0 radical (unpaired) electrons. The molecule has 4 heteroatoms. The molecule has 2 N–H and O–H groups in total. The molecule has 0 spiro atoms. The number of nitrogens with one attached hydrogen (secondary N) is 1. The zero-order chi connectivity index (χ0) is 15.1. The molecule has 1 aliphatic rings. The highest BCUT2D eigenvalue weighted by Gasteiger charge is 2.19. The number of benzene rings is 1. The third-order valence-electron chi connectivity index (χ3n) is 4.30. The third kappa shape index (κ3) is 5.05. The Kier molecular flexibility index (Phi) is 6.05. The molecule has 2 rings (SSSR count). The van der Waals surface area contributed by atoms with E-state index in [4.69, 9.17) is 9.84 Å². The van der Waals surface area contributed by atoms with Crippen LogP contribution < -0.4 is 10.1 Å². The molecule has 0 aromatic heterocycles. The van der Waals surface area contributed by atoms with E-state index in [0.717, 1.165) is 12.5 Å². The molecule has 1 unspecified atom stereocenters. The van der Waals surface area contributed by atoms with Gasteiger partial charge >= 0.3 is 5.97 Å². The van der Waals surface area contributed by atoms with Crippen molar-refractivity contribution in [3.8, 4) is 5.75 Å². The molecule has 1 saturated carbocycles. The van der Waals surface area contributed by atoms with Gasteiger partial charge in [0.25, 0.3) is 0 Å². The van der Waals surface area contributed by atoms with Crippen LogP contribution in [0.15, 0.2) is 24.3 Å². The number of carboxylic acid groups (broad SMARTS) is 1. The van der Waals surface area contributed by atoms with Crippen molar-refractivity contribution in [3.05, 3.63) is 29.8 Å². The topological polar surface area (TPSA) is 58.6 Å². The molecule has 1 fully saturated rings. The minimum atomic E-state index is -0.912. The van der Waals surface area contributed by atoms with E-state index < -0.39 is 5.97 Å². The molecule has 4 nitrogen and oxygen atoms in total. The minimum Gasteiger partial charge on any atom is -0.492 e. The summed E-state index contributed by atoms with van der Waals surface area (Å²) in [7, 11) is 0. The van der Waals surface area contributed by atoms with E-state index in [1.54, 1.807) is 24.3 Å². The summed E-state index contributed by atoms with van der Waals surface area (Å²) in [6.45, 7) is 3.68. The first-order valence-electron chi connectivity index (χ1n) is 7.86. The number of hydrogen-bond acceptors (Lipinski definition) is 3. The second-order valence-corrected chi connectivity index (χ2v) is 5.82. The lowest BCUT2D eigenvalue weighted by Crippen LogP contribution is -2.37. The van der Waals surface area contributed by atoms with Gasteiger partial charge in [0, 0.05) is 12.6 Å². The summed E-state index contributed by atoms with van der Waals surface area (Å²) >= 11 is 0. The summed E-state index contributed by atoms with van der Waals surface area (Å²) < 4.78 is 5.62. The molecule has 0 amide bonds. The van der Waals surface area contributed by atoms with E-state index in [1.807, 2.05) is 0 Å². The van der Waals surface area contributed by atoms with Crippen LogP contribution in [0.1, 0.15) is 49.4 Å². The molecule has 1 aromatic carbocycles. The van der Waals surface area contributed by atoms with Crippen molar-refractivity contribution in [2.75, 3.05) is 13.2 Å². The SMILES string of the molecule is CC(NCCOc1ccc(C(=O)O)cc1)C1CCCCC1. The highest BCUT2D eigenvalue weighted by molar-refractivity contribution is 5.87. The van der Waals surface area contributed by atoms with Crippen LogP contribution in [0.25, 0.3) is 0 Å². The first-order chi connectivity index (χ1) is 10.2. The van der Waals surface area contributed by atoms with Crippen LogP contribution in [-0.4, -0.2) is 30.3 Å². The van der Waals surface area contributed by atoms with Gasteiger partial charge in [-0.2, -0.15) is 0 Å². The molecular formula is C17H25NO3. The number of carbonyl (C=O) groups is 1. The maximum absolute atomic E-state index is 10.7. The number of hydrogen-bond donors (Lipinski definition) is 2. The molecule has 0 bridgehead atoms. The second kappa shape index (κ2) is 8.03. The van der Waals surface area contributed by atoms with Crippen molar-refractivity contribution in [2.45, 2.75) is 45.1 Å². The molecule has 0 aliphatic heterocycles. The predicted octanol–water partition coefficient (Wildman–Crippen LogP) is 3.32. The smallest absolute Gasteiger partial charge is 0.335 e. The molecule has 0 saturated heterocycles. The summed E-state index contributed by atoms with van der Waals surface area (Å²) in [5.41, 5.74) is 0.284. The fourth-order valence-corrected chi connectivity index (χ4v) is 2.95. The Hall–Kier alpha value is -1.55. The lowest BCUT2D eigenvalue weighted by atomic mass is 9.84. The average Bonchev–Trinajstić information content (AvgIpc) is 2.52. The first-order valence-corrected chi connectivity index (χ1v) is 7.86. The van der Waals surface area contributed by atoms with Gasteiger partial charge in [-0.15, -0.1) is 0 Å². The van der Waals surface area contributed by atoms with Gasteiger partial charge in [0.15, 0.2) is 0 Å². The molecule has 0 heterocycles. The maximum Gasteiger partial charge on any atom is 0.335 e. The Bertz CT molecular complexity index is 438. The van der Waals surface area contributed by atoms with E-state index in [1.165, 1.54) is 32.1 Å². The van der Waals surface area contributed by atoms with Crippen LogP contribution in [0.2, 0.25) is 0 Å². The second-order valence-electron chi connectivity index (χ2n) is 5.82. The summed E-state index contributed by atoms with van der Waals surface area (Å²) in [4.78, 5) is 10.7. The van der Waals surface area contributed by atoms with E-state index in [9.17, 15) is 4.79 Å². The van der Waals surface area contributed by atoms with Crippen molar-refractivity contribution < 1.29 is 14.6 Å². The standard InChI is InChI=1S/C17H25NO3/c1-13(14-5-3-2-4-6-14)18-11-12-21-16-9-7-15(8-10-16)17(19)20/h7-10,13-14,18H,2-6,11-12H2,1H3,(H,19,20). The number of aromatic carboxylic acids is 1. The largest absolute Gasteiger partial charge is 0.492 e. The normalized spacial score (nSPS) is 17.4. The van der Waals surface area contributed by atoms with Crippen LogP contribution in [0, 0.1) is 5.92 Å². The van der Waals surface area contributed by atoms with Crippen molar-refractivity contribution in [2.24, 2.45) is 5.92 Å². The summed E-state index contributed by atoms with van der Waals surface area (Å²) in [6.07, 6.45) is 6.79. The Balaban J connectivity index is 1.65. The number of carboxylic acids is 1. The van der Waals surface area contributed by atoms with Gasteiger partial charge in [-0.1, -0.05) is 19.3 Å². The zero-order valence-electron chi connectivity index (χ0n) is 12.7. The van der Waals surface area contributed by atoms with Crippen molar-refractivity contribution in [3.63, 3.8) is 0 Å². The minimum absolute atomic E-state index is 0.284. The molecule has 1 aliphatic carbocycles. The van der Waals surface area contributed by atoms with Crippen LogP contribution in [0.3, 0.4) is 0 Å². The Morgan fingerprint density at radius 1 is 1.29 bits per heavy atom. The van der Waals surface area contributed by atoms with Crippen LogP contribution in [-0.2, 0) is 0 Å². The van der Waals surface area contributed by atoms with Crippen LogP contribution >= 0.6 is 0 Å². The molecule has 1 atom stereocenters. The number of ether oxygens (including phenoxy) is 1. The van der Waals surface area contributed by atoms with E-state index in [-0.39, 0.29) is 5.56 Å².